The molecule has 2 saturated heterocycles. The second-order valence-corrected chi connectivity index (χ2v) is 12.0. The van der Waals surface area contributed by atoms with Crippen molar-refractivity contribution >= 4 is 23.6 Å². The summed E-state index contributed by atoms with van der Waals surface area (Å²) in [5.74, 6) is -1.10. The maximum atomic E-state index is 12.9. The number of aliphatic hydroxyl groups is 5. The van der Waals surface area contributed by atoms with E-state index in [1.807, 2.05) is 6.07 Å². The van der Waals surface area contributed by atoms with Crippen molar-refractivity contribution in [1.82, 2.24) is 10.8 Å². The van der Waals surface area contributed by atoms with Crippen LogP contribution < -0.4 is 15.5 Å². The number of aliphatic hydroxyl groups excluding tert-OH is 4. The van der Waals surface area contributed by atoms with E-state index in [-0.39, 0.29) is 41.9 Å². The number of hydrogen-bond acceptors (Lipinski definition) is 13. The van der Waals surface area contributed by atoms with E-state index < -0.39 is 60.5 Å². The zero-order chi connectivity index (χ0) is 33.3. The number of hydroxylamine groups is 1. The maximum Gasteiger partial charge on any atom is 0.272 e. The lowest BCUT2D eigenvalue weighted by Gasteiger charge is -2.41. The van der Waals surface area contributed by atoms with Crippen LogP contribution in [-0.4, -0.2) is 97.9 Å². The summed E-state index contributed by atoms with van der Waals surface area (Å²) in [6.45, 7) is 4.34. The standard InChI is InChI=1S/C31H37ClN2O12/c1-14(29(40)33-21-22(36)24(38)27-26(23(21)37)42-13-43-27)10-16-8-9-20(19(35)11-16)45-30-31(3,41)28(39)25(46-30)15(2)34-44-12-17-6-4-5-7-18(17)32/h4-11,21-24,26-28,30,34-39,41H,12-13H2,1-3H3,(H,33,40)/t21-,22+,23-,24-,26+,27-,28-,30-,31-/m1/s1. The Bertz CT molecular complexity index is 1500. The van der Waals surface area contributed by atoms with Gasteiger partial charge in [0.2, 0.25) is 5.91 Å². The highest BCUT2D eigenvalue weighted by atomic mass is 35.5. The summed E-state index contributed by atoms with van der Waals surface area (Å²) in [5, 5.41) is 66.9. The Kier molecular flexibility index (Phi) is 10.1. The number of allylic oxidation sites excluding steroid dienone is 1. The normalized spacial score (nSPS) is 33.6. The van der Waals surface area contributed by atoms with Gasteiger partial charge in [0.05, 0.1) is 11.7 Å². The molecule has 5 rings (SSSR count). The number of benzene rings is 2. The molecular formula is C31H37ClN2O12. The Morgan fingerprint density at radius 2 is 1.76 bits per heavy atom. The topological polar surface area (TPSA) is 209 Å². The third kappa shape index (κ3) is 6.81. The van der Waals surface area contributed by atoms with E-state index in [1.54, 1.807) is 25.1 Å². The first-order valence-corrected chi connectivity index (χ1v) is 14.8. The molecule has 3 fully saturated rings. The summed E-state index contributed by atoms with van der Waals surface area (Å²) < 4.78 is 22.0. The number of fused-ring (bicyclic) bond motifs is 1. The van der Waals surface area contributed by atoms with Crippen LogP contribution in [0.25, 0.3) is 6.08 Å². The van der Waals surface area contributed by atoms with E-state index in [0.717, 1.165) is 5.56 Å². The molecule has 9 atom stereocenters. The second-order valence-electron chi connectivity index (χ2n) is 11.6. The SMILES string of the molecule is CC(=Cc1ccc(O[C@@H]2OC(=C(C)NOCc3ccccc3Cl)[C@@H](O)[C@@]2(C)O)c(O)c1)C(=O)N[C@@H]1[C@H](O)[C@@H](O)[C@H]2OCO[C@H]2[C@@H]1O. The molecule has 8 N–H and O–H groups in total. The van der Waals surface area contributed by atoms with Crippen LogP contribution in [0.2, 0.25) is 5.02 Å². The zero-order valence-corrected chi connectivity index (χ0v) is 25.9. The van der Waals surface area contributed by atoms with Gasteiger partial charge in [-0.05, 0) is 56.2 Å². The Morgan fingerprint density at radius 1 is 1.07 bits per heavy atom. The number of carbonyl (C=O) groups is 1. The van der Waals surface area contributed by atoms with Gasteiger partial charge in [0.1, 0.15) is 50.0 Å². The zero-order valence-electron chi connectivity index (χ0n) is 25.2. The molecule has 1 amide bonds. The van der Waals surface area contributed by atoms with Crippen LogP contribution in [-0.2, 0) is 30.4 Å². The molecule has 2 aromatic rings. The summed E-state index contributed by atoms with van der Waals surface area (Å²) in [7, 11) is 0. The minimum Gasteiger partial charge on any atom is -0.504 e. The number of carbonyl (C=O) groups excluding carboxylic acids is 1. The fourth-order valence-corrected chi connectivity index (χ4v) is 5.58. The quantitative estimate of drug-likeness (QED) is 0.136. The van der Waals surface area contributed by atoms with Crippen molar-refractivity contribution in [3.63, 3.8) is 0 Å². The summed E-state index contributed by atoms with van der Waals surface area (Å²) in [4.78, 5) is 18.4. The third-order valence-corrected chi connectivity index (χ3v) is 8.52. The minimum atomic E-state index is -1.92. The van der Waals surface area contributed by atoms with Gasteiger partial charge in [-0.25, -0.2) is 0 Å². The predicted molar refractivity (Wildman–Crippen MR) is 161 cm³/mol. The molecular weight excluding hydrogens is 628 g/mol. The highest BCUT2D eigenvalue weighted by molar-refractivity contribution is 6.31. The molecule has 1 aliphatic carbocycles. The number of hydrogen-bond donors (Lipinski definition) is 8. The van der Waals surface area contributed by atoms with Gasteiger partial charge in [-0.2, -0.15) is 0 Å². The molecule has 0 aromatic heterocycles. The third-order valence-electron chi connectivity index (χ3n) is 8.15. The number of phenolic OH excluding ortho intramolecular Hbond substituents is 1. The van der Waals surface area contributed by atoms with Gasteiger partial charge in [0.15, 0.2) is 22.9 Å². The van der Waals surface area contributed by atoms with Gasteiger partial charge in [0, 0.05) is 10.6 Å². The van der Waals surface area contributed by atoms with E-state index in [4.69, 9.17) is 35.4 Å². The Hall–Kier alpha value is -3.44. The van der Waals surface area contributed by atoms with Crippen molar-refractivity contribution in [3.8, 4) is 11.5 Å². The molecule has 15 heteroatoms. The van der Waals surface area contributed by atoms with Crippen LogP contribution in [0.3, 0.4) is 0 Å². The number of halogens is 1. The number of ether oxygens (including phenoxy) is 4. The van der Waals surface area contributed by atoms with Crippen molar-refractivity contribution in [3.05, 3.63) is 75.6 Å². The molecule has 0 radical (unpaired) electrons. The average Bonchev–Trinajstić information content (AvgIpc) is 3.60. The first-order valence-electron chi connectivity index (χ1n) is 14.4. The van der Waals surface area contributed by atoms with E-state index in [1.165, 1.54) is 38.1 Å². The van der Waals surface area contributed by atoms with Gasteiger partial charge < -0.3 is 54.9 Å². The van der Waals surface area contributed by atoms with Crippen LogP contribution in [0.15, 0.2) is 59.5 Å². The van der Waals surface area contributed by atoms with Crippen molar-refractivity contribution in [2.45, 2.75) is 81.9 Å². The monoisotopic (exact) mass is 664 g/mol. The smallest absolute Gasteiger partial charge is 0.272 e. The van der Waals surface area contributed by atoms with Crippen molar-refractivity contribution in [2.75, 3.05) is 6.79 Å². The molecule has 0 spiro atoms. The molecule has 1 saturated carbocycles. The number of nitrogens with one attached hydrogen (secondary N) is 2. The van der Waals surface area contributed by atoms with E-state index in [9.17, 15) is 35.4 Å². The van der Waals surface area contributed by atoms with Crippen LogP contribution in [0.4, 0.5) is 0 Å². The first kappa shape index (κ1) is 33.9. The fourth-order valence-electron chi connectivity index (χ4n) is 5.39. The summed E-state index contributed by atoms with van der Waals surface area (Å²) in [6, 6.07) is 10.1. The number of amides is 1. The van der Waals surface area contributed by atoms with Gasteiger partial charge in [0.25, 0.3) is 6.29 Å². The summed E-state index contributed by atoms with van der Waals surface area (Å²) in [5.41, 5.74) is 2.31. The lowest BCUT2D eigenvalue weighted by Crippen LogP contribution is -2.67. The van der Waals surface area contributed by atoms with Gasteiger partial charge in [-0.15, -0.1) is 0 Å². The van der Waals surface area contributed by atoms with Crippen LogP contribution in [0.1, 0.15) is 31.9 Å². The molecule has 250 valence electrons. The predicted octanol–water partition coefficient (Wildman–Crippen LogP) is 0.571. The maximum absolute atomic E-state index is 12.9. The summed E-state index contributed by atoms with van der Waals surface area (Å²) >= 11 is 6.14. The molecule has 14 nitrogen and oxygen atoms in total. The molecule has 2 aromatic carbocycles. The van der Waals surface area contributed by atoms with Crippen LogP contribution in [0, 0.1) is 0 Å². The van der Waals surface area contributed by atoms with Gasteiger partial charge >= 0.3 is 0 Å². The number of aromatic hydroxyl groups is 1. The molecule has 0 unspecified atom stereocenters. The average molecular weight is 665 g/mol. The number of rotatable bonds is 9. The van der Waals surface area contributed by atoms with Crippen molar-refractivity contribution in [2.24, 2.45) is 0 Å². The van der Waals surface area contributed by atoms with E-state index in [2.05, 4.69) is 10.8 Å². The molecule has 2 aliphatic heterocycles. The van der Waals surface area contributed by atoms with Gasteiger partial charge in [-0.3, -0.25) is 15.1 Å². The van der Waals surface area contributed by atoms with Gasteiger partial charge in [-0.1, -0.05) is 35.9 Å². The summed E-state index contributed by atoms with van der Waals surface area (Å²) in [6.07, 6.45) is -7.51. The van der Waals surface area contributed by atoms with E-state index in [0.29, 0.717) is 10.6 Å². The Morgan fingerprint density at radius 3 is 2.46 bits per heavy atom. The second kappa shape index (κ2) is 13.7. The molecule has 46 heavy (non-hydrogen) atoms. The lowest BCUT2D eigenvalue weighted by molar-refractivity contribution is -0.155. The largest absolute Gasteiger partial charge is 0.504 e. The molecule has 2 heterocycles. The Labute approximate surface area is 269 Å². The Balaban J connectivity index is 1.21. The van der Waals surface area contributed by atoms with E-state index >= 15 is 0 Å². The highest BCUT2D eigenvalue weighted by Gasteiger charge is 2.54. The van der Waals surface area contributed by atoms with Crippen molar-refractivity contribution < 1.29 is 59.2 Å². The highest BCUT2D eigenvalue weighted by Crippen LogP contribution is 2.39. The first-order chi connectivity index (χ1) is 21.8. The fraction of sp³-hybridized carbons (Fsp3) is 0.452. The molecule has 3 aliphatic rings. The molecule has 0 bridgehead atoms. The van der Waals surface area contributed by atoms with Crippen LogP contribution >= 0.6 is 11.6 Å². The lowest BCUT2D eigenvalue weighted by atomic mass is 9.83. The van der Waals surface area contributed by atoms with Crippen molar-refractivity contribution in [1.29, 1.82) is 0 Å². The minimum absolute atomic E-state index is 0.0295. The van der Waals surface area contributed by atoms with Crippen LogP contribution in [0.5, 0.6) is 11.5 Å². The number of phenols is 1.